The number of halogens is 1. The third kappa shape index (κ3) is 2.71. The molecular weight excluding hydrogens is 238 g/mol. The second-order valence-corrected chi connectivity index (χ2v) is 4.12. The van der Waals surface area contributed by atoms with Gasteiger partial charge < -0.3 is 4.98 Å². The maximum atomic E-state index is 11.4. The van der Waals surface area contributed by atoms with Crippen molar-refractivity contribution in [2.45, 2.75) is 19.7 Å². The summed E-state index contributed by atoms with van der Waals surface area (Å²) in [5, 5.41) is 0. The van der Waals surface area contributed by atoms with E-state index in [1.165, 1.54) is 6.07 Å². The molecule has 0 spiro atoms. The highest BCUT2D eigenvalue weighted by Crippen LogP contribution is 2.16. The first-order valence-corrected chi connectivity index (χ1v) is 5.74. The van der Waals surface area contributed by atoms with Crippen molar-refractivity contribution in [3.05, 3.63) is 45.6 Å². The van der Waals surface area contributed by atoms with E-state index in [1.807, 2.05) is 26.0 Å². The lowest BCUT2D eigenvalue weighted by Gasteiger charge is -2.04. The molecule has 17 heavy (non-hydrogen) atoms. The number of aromatic amines is 1. The van der Waals surface area contributed by atoms with Gasteiger partial charge in [0.25, 0.3) is 5.56 Å². The number of nitrogens with one attached hydrogen (secondary N) is 1. The molecule has 0 atom stereocenters. The van der Waals surface area contributed by atoms with Crippen LogP contribution in [0.4, 0.5) is 0 Å². The van der Waals surface area contributed by atoms with Gasteiger partial charge in [0.15, 0.2) is 0 Å². The summed E-state index contributed by atoms with van der Waals surface area (Å²) in [6.07, 6.45) is 0. The van der Waals surface area contributed by atoms with Gasteiger partial charge in [0, 0.05) is 23.0 Å². The van der Waals surface area contributed by atoms with E-state index in [1.54, 1.807) is 0 Å². The Hall–Kier alpha value is -1.68. The fourth-order valence-corrected chi connectivity index (χ4v) is 1.82. The van der Waals surface area contributed by atoms with Gasteiger partial charge >= 0.3 is 0 Å². The fraction of sp³-hybridized carbons (Fsp3) is 0.250. The lowest BCUT2D eigenvalue weighted by Crippen LogP contribution is -2.09. The summed E-state index contributed by atoms with van der Waals surface area (Å²) in [4.78, 5) is 22.7. The first-order chi connectivity index (χ1) is 8.08. The molecule has 0 aliphatic heterocycles. The normalized spacial score (nSPS) is 10.5. The van der Waals surface area contributed by atoms with Gasteiger partial charge in [0.05, 0.1) is 11.6 Å². The van der Waals surface area contributed by atoms with Crippen molar-refractivity contribution in [3.8, 4) is 11.4 Å². The minimum Gasteiger partial charge on any atom is -0.307 e. The van der Waals surface area contributed by atoms with Gasteiger partial charge in [-0.05, 0) is 26.0 Å². The first kappa shape index (κ1) is 11.8. The van der Waals surface area contributed by atoms with Gasteiger partial charge in [-0.15, -0.1) is 11.6 Å². The average Bonchev–Trinajstić information content (AvgIpc) is 2.26. The molecule has 2 rings (SSSR count). The Morgan fingerprint density at radius 3 is 2.41 bits per heavy atom. The molecule has 1 N–H and O–H groups in total. The molecule has 88 valence electrons. The number of alkyl halides is 1. The standard InChI is InChI=1S/C12H12ClN3O/c1-7-3-9(4-8(2)14-7)12-15-10(6-13)5-11(17)16-12/h3-5H,6H2,1-2H3,(H,15,16,17). The molecule has 5 heteroatoms. The van der Waals surface area contributed by atoms with Crippen LogP contribution in [0.3, 0.4) is 0 Å². The van der Waals surface area contributed by atoms with E-state index in [0.717, 1.165) is 17.0 Å². The number of aromatic nitrogens is 3. The van der Waals surface area contributed by atoms with Gasteiger partial charge in [-0.1, -0.05) is 0 Å². The van der Waals surface area contributed by atoms with Crippen molar-refractivity contribution in [3.63, 3.8) is 0 Å². The fourth-order valence-electron chi connectivity index (χ4n) is 1.68. The smallest absolute Gasteiger partial charge is 0.251 e. The molecular formula is C12H12ClN3O. The van der Waals surface area contributed by atoms with Crippen molar-refractivity contribution in [1.82, 2.24) is 15.0 Å². The highest BCUT2D eigenvalue weighted by atomic mass is 35.5. The molecule has 0 unspecified atom stereocenters. The molecule has 0 radical (unpaired) electrons. The molecule has 0 bridgehead atoms. The zero-order valence-electron chi connectivity index (χ0n) is 9.62. The Morgan fingerprint density at radius 2 is 1.82 bits per heavy atom. The lowest BCUT2D eigenvalue weighted by atomic mass is 10.2. The topological polar surface area (TPSA) is 58.6 Å². The van der Waals surface area contributed by atoms with Crippen LogP contribution in [0.2, 0.25) is 0 Å². The lowest BCUT2D eigenvalue weighted by molar-refractivity contribution is 1.05. The van der Waals surface area contributed by atoms with Crippen LogP contribution in [0.5, 0.6) is 0 Å². The summed E-state index contributed by atoms with van der Waals surface area (Å²) in [5.41, 5.74) is 2.99. The number of hydrogen-bond acceptors (Lipinski definition) is 3. The predicted molar refractivity (Wildman–Crippen MR) is 67.1 cm³/mol. The molecule has 0 aromatic carbocycles. The number of pyridine rings is 1. The Morgan fingerprint density at radius 1 is 1.18 bits per heavy atom. The molecule has 0 aliphatic rings. The van der Waals surface area contributed by atoms with Crippen LogP contribution in [-0.2, 0) is 5.88 Å². The second-order valence-electron chi connectivity index (χ2n) is 3.86. The number of rotatable bonds is 2. The molecule has 4 nitrogen and oxygen atoms in total. The van der Waals surface area contributed by atoms with Gasteiger partial charge in [0.1, 0.15) is 5.82 Å². The van der Waals surface area contributed by atoms with Crippen LogP contribution in [0.25, 0.3) is 11.4 Å². The molecule has 2 heterocycles. The van der Waals surface area contributed by atoms with Gasteiger partial charge in [-0.3, -0.25) is 9.78 Å². The van der Waals surface area contributed by atoms with Gasteiger partial charge in [-0.25, -0.2) is 4.98 Å². The number of H-pyrrole nitrogens is 1. The molecule has 2 aromatic rings. The SMILES string of the molecule is Cc1cc(-c2nc(CCl)cc(=O)[nH]2)cc(C)n1. The number of hydrogen-bond donors (Lipinski definition) is 1. The van der Waals surface area contributed by atoms with E-state index in [-0.39, 0.29) is 11.4 Å². The van der Waals surface area contributed by atoms with E-state index in [4.69, 9.17) is 11.6 Å². The van der Waals surface area contributed by atoms with Crippen LogP contribution in [0.15, 0.2) is 23.0 Å². The minimum atomic E-state index is -0.197. The largest absolute Gasteiger partial charge is 0.307 e. The van der Waals surface area contributed by atoms with Crippen LogP contribution >= 0.6 is 11.6 Å². The molecule has 0 aliphatic carbocycles. The maximum Gasteiger partial charge on any atom is 0.251 e. The zero-order valence-corrected chi connectivity index (χ0v) is 10.4. The number of aryl methyl sites for hydroxylation is 2. The Labute approximate surface area is 104 Å². The van der Waals surface area contributed by atoms with Crippen LogP contribution in [0, 0.1) is 13.8 Å². The van der Waals surface area contributed by atoms with Gasteiger partial charge in [0.2, 0.25) is 0 Å². The average molecular weight is 250 g/mol. The summed E-state index contributed by atoms with van der Waals surface area (Å²) in [7, 11) is 0. The summed E-state index contributed by atoms with van der Waals surface area (Å²) >= 11 is 5.69. The molecule has 0 amide bonds. The van der Waals surface area contributed by atoms with Crippen molar-refractivity contribution in [1.29, 1.82) is 0 Å². The van der Waals surface area contributed by atoms with Gasteiger partial charge in [-0.2, -0.15) is 0 Å². The van der Waals surface area contributed by atoms with Crippen LogP contribution in [-0.4, -0.2) is 15.0 Å². The van der Waals surface area contributed by atoms with E-state index in [2.05, 4.69) is 15.0 Å². The molecule has 0 fully saturated rings. The third-order valence-corrected chi connectivity index (χ3v) is 2.56. The quantitative estimate of drug-likeness (QED) is 0.830. The summed E-state index contributed by atoms with van der Waals surface area (Å²) in [6, 6.07) is 5.16. The van der Waals surface area contributed by atoms with E-state index >= 15 is 0 Å². The third-order valence-electron chi connectivity index (χ3n) is 2.29. The minimum absolute atomic E-state index is 0.197. The van der Waals surface area contributed by atoms with Crippen LogP contribution in [0.1, 0.15) is 17.1 Å². The first-order valence-electron chi connectivity index (χ1n) is 5.20. The Kier molecular flexibility index (Phi) is 3.24. The monoisotopic (exact) mass is 249 g/mol. The molecule has 0 saturated carbocycles. The highest BCUT2D eigenvalue weighted by Gasteiger charge is 2.05. The summed E-state index contributed by atoms with van der Waals surface area (Å²) in [6.45, 7) is 3.81. The Balaban J connectivity index is 2.59. The van der Waals surface area contributed by atoms with Crippen LogP contribution < -0.4 is 5.56 Å². The predicted octanol–water partition coefficient (Wildman–Crippen LogP) is 2.19. The molecule has 0 saturated heterocycles. The summed E-state index contributed by atoms with van der Waals surface area (Å²) in [5.74, 6) is 0.752. The highest BCUT2D eigenvalue weighted by molar-refractivity contribution is 6.16. The maximum absolute atomic E-state index is 11.4. The number of nitrogens with zero attached hydrogens (tertiary/aromatic N) is 2. The van der Waals surface area contributed by atoms with Crippen molar-refractivity contribution in [2.75, 3.05) is 0 Å². The van der Waals surface area contributed by atoms with E-state index < -0.39 is 0 Å². The van der Waals surface area contributed by atoms with Crippen molar-refractivity contribution in [2.24, 2.45) is 0 Å². The molecule has 2 aromatic heterocycles. The van der Waals surface area contributed by atoms with E-state index in [9.17, 15) is 4.79 Å². The Bertz CT molecular complexity index is 587. The zero-order chi connectivity index (χ0) is 12.4. The second kappa shape index (κ2) is 4.67. The van der Waals surface area contributed by atoms with E-state index in [0.29, 0.717) is 11.5 Å². The van der Waals surface area contributed by atoms with Crippen molar-refractivity contribution >= 4 is 11.6 Å². The summed E-state index contributed by atoms with van der Waals surface area (Å²) < 4.78 is 0. The van der Waals surface area contributed by atoms with Crippen molar-refractivity contribution < 1.29 is 0 Å².